The number of guanidine groups is 1. The first-order valence-electron chi connectivity index (χ1n) is 10.1. The van der Waals surface area contributed by atoms with E-state index in [0.717, 1.165) is 64.2 Å². The van der Waals surface area contributed by atoms with Crippen LogP contribution < -0.4 is 10.6 Å². The van der Waals surface area contributed by atoms with Gasteiger partial charge in [0.05, 0.1) is 0 Å². The molecule has 0 radical (unpaired) electrons. The molecule has 0 spiro atoms. The third kappa shape index (κ3) is 7.75. The lowest BCUT2D eigenvalue weighted by atomic mass is 10.1. The Hall–Kier alpha value is -1.59. The molecular formula is C21H36N4O. The summed E-state index contributed by atoms with van der Waals surface area (Å²) in [5, 5.41) is 6.81. The zero-order valence-corrected chi connectivity index (χ0v) is 16.8. The van der Waals surface area contributed by atoms with Gasteiger partial charge in [-0.15, -0.1) is 0 Å². The van der Waals surface area contributed by atoms with Crippen LogP contribution in [-0.4, -0.2) is 50.8 Å². The van der Waals surface area contributed by atoms with E-state index in [9.17, 15) is 0 Å². The first kappa shape index (κ1) is 20.7. The lowest BCUT2D eigenvalue weighted by Gasteiger charge is -2.20. The van der Waals surface area contributed by atoms with Crippen molar-refractivity contribution >= 4 is 5.96 Å². The van der Waals surface area contributed by atoms with Crippen molar-refractivity contribution in [3.63, 3.8) is 0 Å². The molecule has 1 aromatic carbocycles. The highest BCUT2D eigenvalue weighted by atomic mass is 16.5. The van der Waals surface area contributed by atoms with Crippen LogP contribution in [0.3, 0.4) is 0 Å². The van der Waals surface area contributed by atoms with Crippen molar-refractivity contribution in [2.75, 3.05) is 39.9 Å². The van der Waals surface area contributed by atoms with E-state index in [0.29, 0.717) is 0 Å². The average molecular weight is 361 g/mol. The van der Waals surface area contributed by atoms with Gasteiger partial charge in [-0.05, 0) is 49.4 Å². The molecule has 5 heteroatoms. The zero-order chi connectivity index (χ0) is 18.6. The minimum Gasteiger partial charge on any atom is -0.381 e. The molecule has 0 heterocycles. The van der Waals surface area contributed by atoms with E-state index >= 15 is 0 Å². The molecule has 0 aliphatic heterocycles. The average Bonchev–Trinajstić information content (AvgIpc) is 3.50. The summed E-state index contributed by atoms with van der Waals surface area (Å²) in [6, 6.07) is 8.65. The van der Waals surface area contributed by atoms with Gasteiger partial charge in [0.1, 0.15) is 0 Å². The Balaban J connectivity index is 1.71. The van der Waals surface area contributed by atoms with Gasteiger partial charge in [-0.3, -0.25) is 9.89 Å². The van der Waals surface area contributed by atoms with Crippen LogP contribution in [0.1, 0.15) is 44.2 Å². The summed E-state index contributed by atoms with van der Waals surface area (Å²) in [6.45, 7) is 11.0. The smallest absolute Gasteiger partial charge is 0.191 e. The van der Waals surface area contributed by atoms with Gasteiger partial charge in [0, 0.05) is 39.9 Å². The number of hydrogen-bond donors (Lipinski definition) is 2. The highest BCUT2D eigenvalue weighted by Gasteiger charge is 2.20. The first-order valence-corrected chi connectivity index (χ1v) is 10.1. The highest BCUT2D eigenvalue weighted by molar-refractivity contribution is 5.79. The fourth-order valence-electron chi connectivity index (χ4n) is 2.89. The second kappa shape index (κ2) is 11.9. The predicted molar refractivity (Wildman–Crippen MR) is 109 cm³/mol. The maximum atomic E-state index is 5.67. The maximum Gasteiger partial charge on any atom is 0.191 e. The molecule has 0 unspecified atom stereocenters. The van der Waals surface area contributed by atoms with E-state index in [1.54, 1.807) is 0 Å². The molecule has 1 fully saturated rings. The quantitative estimate of drug-likeness (QED) is 0.342. The standard InChI is InChI=1S/C21H36N4O/c1-4-25(5-2)16-20-10-7-6-9-19(20)15-24-21(22-3)23-13-8-14-26-17-18-11-12-18/h6-7,9-10,18H,4-5,8,11-17H2,1-3H3,(H2,22,23,24). The number of rotatable bonds is 12. The number of nitrogens with zero attached hydrogens (tertiary/aromatic N) is 2. The molecule has 26 heavy (non-hydrogen) atoms. The van der Waals surface area contributed by atoms with Crippen molar-refractivity contribution in [1.29, 1.82) is 0 Å². The summed E-state index contributed by atoms with van der Waals surface area (Å²) in [5.41, 5.74) is 2.71. The molecule has 0 aromatic heterocycles. The van der Waals surface area contributed by atoms with Crippen LogP contribution in [0.4, 0.5) is 0 Å². The van der Waals surface area contributed by atoms with E-state index < -0.39 is 0 Å². The van der Waals surface area contributed by atoms with Gasteiger partial charge in [0.15, 0.2) is 5.96 Å². The van der Waals surface area contributed by atoms with Crippen molar-refractivity contribution in [2.45, 2.75) is 46.2 Å². The molecular weight excluding hydrogens is 324 g/mol. The Morgan fingerprint density at radius 2 is 1.88 bits per heavy atom. The van der Waals surface area contributed by atoms with Crippen LogP contribution in [0.15, 0.2) is 29.3 Å². The van der Waals surface area contributed by atoms with E-state index in [4.69, 9.17) is 4.74 Å². The van der Waals surface area contributed by atoms with E-state index in [1.165, 1.54) is 24.0 Å². The number of nitrogens with one attached hydrogen (secondary N) is 2. The highest BCUT2D eigenvalue weighted by Crippen LogP contribution is 2.28. The van der Waals surface area contributed by atoms with Crippen LogP contribution in [-0.2, 0) is 17.8 Å². The molecule has 1 saturated carbocycles. The van der Waals surface area contributed by atoms with Crippen LogP contribution in [0.25, 0.3) is 0 Å². The lowest BCUT2D eigenvalue weighted by molar-refractivity contribution is 0.123. The molecule has 1 aliphatic carbocycles. The van der Waals surface area contributed by atoms with Gasteiger partial charge < -0.3 is 15.4 Å². The summed E-state index contributed by atoms with van der Waals surface area (Å²) in [6.07, 6.45) is 3.71. The second-order valence-electron chi connectivity index (χ2n) is 6.95. The van der Waals surface area contributed by atoms with Gasteiger partial charge in [-0.2, -0.15) is 0 Å². The summed E-state index contributed by atoms with van der Waals surface area (Å²) in [4.78, 5) is 6.76. The van der Waals surface area contributed by atoms with Crippen molar-refractivity contribution in [1.82, 2.24) is 15.5 Å². The van der Waals surface area contributed by atoms with E-state index in [1.807, 2.05) is 7.05 Å². The third-order valence-corrected chi connectivity index (χ3v) is 4.89. The monoisotopic (exact) mass is 360 g/mol. The van der Waals surface area contributed by atoms with Crippen molar-refractivity contribution < 1.29 is 4.74 Å². The van der Waals surface area contributed by atoms with Gasteiger partial charge in [0.2, 0.25) is 0 Å². The second-order valence-corrected chi connectivity index (χ2v) is 6.95. The minimum absolute atomic E-state index is 0.787. The molecule has 0 saturated heterocycles. The largest absolute Gasteiger partial charge is 0.381 e. The Labute approximate surface area is 159 Å². The van der Waals surface area contributed by atoms with Crippen LogP contribution in [0.2, 0.25) is 0 Å². The minimum atomic E-state index is 0.787. The maximum absolute atomic E-state index is 5.67. The molecule has 5 nitrogen and oxygen atoms in total. The van der Waals surface area contributed by atoms with Crippen LogP contribution >= 0.6 is 0 Å². The van der Waals surface area contributed by atoms with E-state index in [2.05, 4.69) is 58.6 Å². The fourth-order valence-corrected chi connectivity index (χ4v) is 2.89. The Kier molecular flexibility index (Phi) is 9.50. The van der Waals surface area contributed by atoms with Gasteiger partial charge in [-0.1, -0.05) is 38.1 Å². The lowest BCUT2D eigenvalue weighted by Crippen LogP contribution is -2.38. The Bertz CT molecular complexity index is 539. The van der Waals surface area contributed by atoms with Crippen molar-refractivity contribution in [2.24, 2.45) is 10.9 Å². The third-order valence-electron chi connectivity index (χ3n) is 4.89. The van der Waals surface area contributed by atoms with E-state index in [-0.39, 0.29) is 0 Å². The molecule has 1 aromatic rings. The predicted octanol–water partition coefficient (Wildman–Crippen LogP) is 3.01. The van der Waals surface area contributed by atoms with Gasteiger partial charge in [0.25, 0.3) is 0 Å². The molecule has 0 bridgehead atoms. The van der Waals surface area contributed by atoms with Crippen molar-refractivity contribution in [3.8, 4) is 0 Å². The molecule has 1 aliphatic rings. The van der Waals surface area contributed by atoms with Crippen molar-refractivity contribution in [3.05, 3.63) is 35.4 Å². The Morgan fingerprint density at radius 1 is 1.15 bits per heavy atom. The Morgan fingerprint density at radius 3 is 2.54 bits per heavy atom. The van der Waals surface area contributed by atoms with Crippen LogP contribution in [0, 0.1) is 5.92 Å². The SMILES string of the molecule is CCN(CC)Cc1ccccc1CNC(=NC)NCCCOCC1CC1. The fraction of sp³-hybridized carbons (Fsp3) is 0.667. The van der Waals surface area contributed by atoms with Crippen LogP contribution in [0.5, 0.6) is 0 Å². The summed E-state index contributed by atoms with van der Waals surface area (Å²) < 4.78 is 5.67. The summed E-state index contributed by atoms with van der Waals surface area (Å²) >= 11 is 0. The zero-order valence-electron chi connectivity index (χ0n) is 16.8. The topological polar surface area (TPSA) is 48.9 Å². The number of hydrogen-bond acceptors (Lipinski definition) is 3. The molecule has 0 atom stereocenters. The molecule has 2 rings (SSSR count). The number of benzene rings is 1. The normalized spacial score (nSPS) is 14.7. The first-order chi connectivity index (χ1) is 12.8. The summed E-state index contributed by atoms with van der Waals surface area (Å²) in [5.74, 6) is 1.69. The molecule has 0 amide bonds. The molecule has 2 N–H and O–H groups in total. The van der Waals surface area contributed by atoms with Gasteiger partial charge in [-0.25, -0.2) is 0 Å². The molecule has 146 valence electrons. The number of aliphatic imine (C=N–C) groups is 1. The number of ether oxygens (including phenoxy) is 1. The van der Waals surface area contributed by atoms with Gasteiger partial charge >= 0.3 is 0 Å². The summed E-state index contributed by atoms with van der Waals surface area (Å²) in [7, 11) is 1.82.